The lowest BCUT2D eigenvalue weighted by molar-refractivity contribution is -0.386. The molecular weight excluding hydrogens is 262 g/mol. The predicted molar refractivity (Wildman–Crippen MR) is 52.2 cm³/mol. The van der Waals surface area contributed by atoms with E-state index in [0.717, 1.165) is 7.11 Å². The van der Waals surface area contributed by atoms with Gasteiger partial charge in [0.1, 0.15) is 5.56 Å². The maximum atomic E-state index is 12.6. The van der Waals surface area contributed by atoms with Crippen molar-refractivity contribution in [3.8, 4) is 0 Å². The molecular formula is C8H5ClF2N2O4. The van der Waals surface area contributed by atoms with Gasteiger partial charge in [-0.05, 0) is 6.07 Å². The van der Waals surface area contributed by atoms with Crippen molar-refractivity contribution in [1.82, 2.24) is 4.98 Å². The lowest BCUT2D eigenvalue weighted by Crippen LogP contribution is -2.08. The zero-order valence-electron chi connectivity index (χ0n) is 8.32. The Hall–Kier alpha value is -1.83. The molecule has 0 aliphatic heterocycles. The molecule has 0 spiro atoms. The van der Waals surface area contributed by atoms with Crippen LogP contribution in [0.3, 0.4) is 0 Å². The van der Waals surface area contributed by atoms with Gasteiger partial charge in [0.2, 0.25) is 5.15 Å². The number of pyridine rings is 1. The van der Waals surface area contributed by atoms with E-state index >= 15 is 0 Å². The first-order chi connectivity index (χ1) is 7.88. The number of rotatable bonds is 3. The zero-order valence-corrected chi connectivity index (χ0v) is 9.07. The highest BCUT2D eigenvalue weighted by Crippen LogP contribution is 2.34. The summed E-state index contributed by atoms with van der Waals surface area (Å²) in [5, 5.41) is 9.75. The number of aromatic nitrogens is 1. The number of hydrogen-bond acceptors (Lipinski definition) is 5. The Balaban J connectivity index is 3.46. The summed E-state index contributed by atoms with van der Waals surface area (Å²) >= 11 is 5.38. The molecule has 1 heterocycles. The van der Waals surface area contributed by atoms with Crippen molar-refractivity contribution in [2.75, 3.05) is 7.11 Å². The van der Waals surface area contributed by atoms with E-state index in [4.69, 9.17) is 11.6 Å². The molecule has 0 unspecified atom stereocenters. The Morgan fingerprint density at radius 1 is 1.65 bits per heavy atom. The Kier molecular flexibility index (Phi) is 3.89. The molecule has 0 radical (unpaired) electrons. The molecule has 0 atom stereocenters. The Morgan fingerprint density at radius 3 is 2.65 bits per heavy atom. The quantitative estimate of drug-likeness (QED) is 0.363. The van der Waals surface area contributed by atoms with Crippen molar-refractivity contribution in [1.29, 1.82) is 0 Å². The second kappa shape index (κ2) is 5.00. The van der Waals surface area contributed by atoms with E-state index in [1.54, 1.807) is 0 Å². The van der Waals surface area contributed by atoms with Crippen LogP contribution < -0.4 is 0 Å². The number of hydrogen-bond donors (Lipinski definition) is 0. The van der Waals surface area contributed by atoms with Crippen LogP contribution in [0.5, 0.6) is 0 Å². The predicted octanol–water partition coefficient (Wildman–Crippen LogP) is 2.37. The minimum atomic E-state index is -3.15. The second-order valence-electron chi connectivity index (χ2n) is 2.79. The third kappa shape index (κ3) is 2.64. The van der Waals surface area contributed by atoms with Crippen molar-refractivity contribution in [3.63, 3.8) is 0 Å². The first-order valence-corrected chi connectivity index (χ1v) is 4.47. The molecule has 0 fully saturated rings. The van der Waals surface area contributed by atoms with Crippen LogP contribution in [0.2, 0.25) is 5.15 Å². The Morgan fingerprint density at radius 2 is 2.24 bits per heavy atom. The van der Waals surface area contributed by atoms with Gasteiger partial charge in [-0.25, -0.2) is 18.6 Å². The first kappa shape index (κ1) is 13.2. The molecule has 0 aromatic carbocycles. The number of esters is 1. The molecule has 1 rings (SSSR count). The summed E-state index contributed by atoms with van der Waals surface area (Å²) in [6.07, 6.45) is -3.15. The topological polar surface area (TPSA) is 82.3 Å². The van der Waals surface area contributed by atoms with Gasteiger partial charge < -0.3 is 4.74 Å². The summed E-state index contributed by atoms with van der Waals surface area (Å²) in [4.78, 5) is 23.8. The zero-order chi connectivity index (χ0) is 13.2. The molecule has 9 heteroatoms. The number of carbonyl (C=O) groups excluding carboxylic acids is 1. The smallest absolute Gasteiger partial charge is 0.356 e. The first-order valence-electron chi connectivity index (χ1n) is 4.09. The molecule has 17 heavy (non-hydrogen) atoms. The molecule has 0 bridgehead atoms. The minimum absolute atomic E-state index is 0.515. The van der Waals surface area contributed by atoms with E-state index in [1.165, 1.54) is 0 Å². The number of ether oxygens (including phenoxy) is 1. The number of halogens is 3. The summed E-state index contributed by atoms with van der Waals surface area (Å²) in [6.45, 7) is 0. The van der Waals surface area contributed by atoms with Crippen LogP contribution >= 0.6 is 11.6 Å². The van der Waals surface area contributed by atoms with Crippen LogP contribution in [-0.4, -0.2) is 23.0 Å². The van der Waals surface area contributed by atoms with Gasteiger partial charge in [0, 0.05) is 0 Å². The number of nitrogens with zero attached hydrogens (tertiary/aromatic N) is 2. The maximum absolute atomic E-state index is 12.6. The molecule has 0 aliphatic rings. The highest BCUT2D eigenvalue weighted by atomic mass is 35.5. The van der Waals surface area contributed by atoms with Gasteiger partial charge in [-0.3, -0.25) is 10.1 Å². The number of alkyl halides is 2. The Labute approximate surface area is 98.3 Å². The summed E-state index contributed by atoms with van der Waals surface area (Å²) in [5.74, 6) is -1.01. The van der Waals surface area contributed by atoms with Crippen molar-refractivity contribution in [3.05, 3.63) is 32.6 Å². The van der Waals surface area contributed by atoms with Gasteiger partial charge in [-0.2, -0.15) is 0 Å². The number of methoxy groups -OCH3 is 1. The van der Waals surface area contributed by atoms with Gasteiger partial charge >= 0.3 is 11.7 Å². The highest BCUT2D eigenvalue weighted by Gasteiger charge is 2.29. The van der Waals surface area contributed by atoms with Gasteiger partial charge in [-0.1, -0.05) is 11.6 Å². The molecule has 0 N–H and O–H groups in total. The van der Waals surface area contributed by atoms with Crippen LogP contribution in [0.15, 0.2) is 6.07 Å². The van der Waals surface area contributed by atoms with E-state index < -0.39 is 39.4 Å². The van der Waals surface area contributed by atoms with Gasteiger partial charge in [-0.15, -0.1) is 0 Å². The molecule has 6 nitrogen and oxygen atoms in total. The van der Waals surface area contributed by atoms with Crippen molar-refractivity contribution in [2.45, 2.75) is 6.43 Å². The van der Waals surface area contributed by atoms with Crippen LogP contribution in [0.4, 0.5) is 14.5 Å². The fraction of sp³-hybridized carbons (Fsp3) is 0.250. The van der Waals surface area contributed by atoms with E-state index in [0.29, 0.717) is 6.07 Å². The molecule has 0 amide bonds. The van der Waals surface area contributed by atoms with Gasteiger partial charge in [0.25, 0.3) is 6.43 Å². The maximum Gasteiger partial charge on any atom is 0.356 e. The van der Waals surface area contributed by atoms with Crippen molar-refractivity contribution < 1.29 is 23.2 Å². The average molecular weight is 267 g/mol. The van der Waals surface area contributed by atoms with E-state index in [1.807, 2.05) is 0 Å². The normalized spacial score (nSPS) is 10.4. The highest BCUT2D eigenvalue weighted by molar-refractivity contribution is 6.31. The van der Waals surface area contributed by atoms with Gasteiger partial charge in [0.05, 0.1) is 12.0 Å². The lowest BCUT2D eigenvalue weighted by atomic mass is 10.2. The summed E-state index contributed by atoms with van der Waals surface area (Å²) in [6, 6.07) is 0.584. The third-order valence-electron chi connectivity index (χ3n) is 1.79. The molecule has 0 saturated carbocycles. The fourth-order valence-electron chi connectivity index (χ4n) is 1.08. The third-order valence-corrected chi connectivity index (χ3v) is 2.06. The Bertz CT molecular complexity index is 481. The van der Waals surface area contributed by atoms with Crippen molar-refractivity contribution in [2.24, 2.45) is 0 Å². The minimum Gasteiger partial charge on any atom is -0.464 e. The van der Waals surface area contributed by atoms with Crippen LogP contribution in [0.1, 0.15) is 22.5 Å². The van der Waals surface area contributed by atoms with Gasteiger partial charge in [0.15, 0.2) is 5.69 Å². The standard InChI is InChI=1S/C8H5ClF2N2O4/c1-17-8(14)4-2-3(7(10)11)5(13(15)16)6(9)12-4/h2,7H,1H3. The molecule has 92 valence electrons. The summed E-state index contributed by atoms with van der Waals surface area (Å²) < 4.78 is 29.4. The van der Waals surface area contributed by atoms with Crippen LogP contribution in [0, 0.1) is 10.1 Å². The average Bonchev–Trinajstić information content (AvgIpc) is 2.26. The van der Waals surface area contributed by atoms with Crippen LogP contribution in [0.25, 0.3) is 0 Å². The molecule has 0 saturated heterocycles. The number of carbonyl (C=O) groups is 1. The molecule has 1 aromatic heterocycles. The number of nitro groups is 1. The molecule has 0 aliphatic carbocycles. The fourth-order valence-corrected chi connectivity index (χ4v) is 1.35. The monoisotopic (exact) mass is 266 g/mol. The van der Waals surface area contributed by atoms with Crippen LogP contribution in [-0.2, 0) is 4.74 Å². The summed E-state index contributed by atoms with van der Waals surface area (Å²) in [5.41, 5.74) is -2.51. The van der Waals surface area contributed by atoms with E-state index in [9.17, 15) is 23.7 Å². The SMILES string of the molecule is COC(=O)c1cc(C(F)F)c([N+](=O)[O-])c(Cl)n1. The lowest BCUT2D eigenvalue weighted by Gasteiger charge is -2.05. The van der Waals surface area contributed by atoms with E-state index in [2.05, 4.69) is 9.72 Å². The summed E-state index contributed by atoms with van der Waals surface area (Å²) in [7, 11) is 1.02. The molecule has 1 aromatic rings. The second-order valence-corrected chi connectivity index (χ2v) is 3.14. The van der Waals surface area contributed by atoms with E-state index in [-0.39, 0.29) is 0 Å². The van der Waals surface area contributed by atoms with Crippen molar-refractivity contribution >= 4 is 23.3 Å². The largest absolute Gasteiger partial charge is 0.464 e.